The van der Waals surface area contributed by atoms with Crippen molar-refractivity contribution in [2.24, 2.45) is 5.73 Å². The topological polar surface area (TPSA) is 187 Å². The van der Waals surface area contributed by atoms with Crippen LogP contribution >= 0.6 is 11.8 Å². The highest BCUT2D eigenvalue weighted by Crippen LogP contribution is 2.36. The Kier molecular flexibility index (Phi) is 6.32. The van der Waals surface area contributed by atoms with Gasteiger partial charge in [-0.25, -0.2) is 9.36 Å². The van der Waals surface area contributed by atoms with Crippen LogP contribution in [-0.4, -0.2) is 56.5 Å². The third-order valence-electron chi connectivity index (χ3n) is 3.82. The van der Waals surface area contributed by atoms with Crippen LogP contribution in [0.4, 0.5) is 5.82 Å². The number of aromatic nitrogens is 2. The van der Waals surface area contributed by atoms with Crippen LogP contribution in [-0.2, 0) is 20.0 Å². The van der Waals surface area contributed by atoms with Crippen molar-refractivity contribution in [3.63, 3.8) is 0 Å². The van der Waals surface area contributed by atoms with E-state index in [2.05, 4.69) is 4.98 Å². The molecular weight excluding hydrogens is 378 g/mol. The number of carbonyl (C=O) groups is 1. The third kappa shape index (κ3) is 4.00. The molecule has 6 N–H and O–H groups in total. The average Bonchev–Trinajstić information content (AvgIpc) is 2.89. The maximum Gasteiger partial charge on any atom is 0.353 e. The second-order valence-corrected chi connectivity index (χ2v) is 6.61. The number of esters is 1. The van der Waals surface area contributed by atoms with E-state index in [1.807, 2.05) is 6.26 Å². The lowest BCUT2D eigenvalue weighted by Gasteiger charge is -2.26. The van der Waals surface area contributed by atoms with Gasteiger partial charge in [-0.15, -0.1) is 0 Å². The summed E-state index contributed by atoms with van der Waals surface area (Å²) in [6, 6.07) is 2.00. The van der Waals surface area contributed by atoms with Crippen LogP contribution in [0.2, 0.25) is 0 Å². The molecule has 1 unspecified atom stereocenters. The van der Waals surface area contributed by atoms with Gasteiger partial charge in [0, 0.05) is 6.20 Å². The van der Waals surface area contributed by atoms with E-state index >= 15 is 0 Å². The molecule has 1 aromatic rings. The summed E-state index contributed by atoms with van der Waals surface area (Å²) in [6.45, 7) is -0.574. The van der Waals surface area contributed by atoms with Crippen molar-refractivity contribution < 1.29 is 24.5 Å². The Labute approximate surface area is 158 Å². The van der Waals surface area contributed by atoms with Gasteiger partial charge in [0.05, 0.1) is 0 Å². The van der Waals surface area contributed by atoms with Gasteiger partial charge < -0.3 is 31.2 Å². The quantitative estimate of drug-likeness (QED) is 0.404. The van der Waals surface area contributed by atoms with Crippen molar-refractivity contribution >= 4 is 23.5 Å². The minimum atomic E-state index is -2.31. The molecule has 2 heterocycles. The molecule has 0 saturated carbocycles. The Balaban J connectivity index is 2.18. The number of rotatable bonds is 7. The molecule has 0 amide bonds. The Morgan fingerprint density at radius 1 is 1.67 bits per heavy atom. The summed E-state index contributed by atoms with van der Waals surface area (Å²) in [5, 5.41) is 29.9. The van der Waals surface area contributed by atoms with E-state index in [9.17, 15) is 25.1 Å². The number of thioether (sulfide) groups is 1. The molecule has 0 aliphatic carbocycles. The molecule has 11 nitrogen and oxygen atoms in total. The normalized spacial score (nSPS) is 22.8. The number of nitrogen functional groups attached to an aromatic ring is 1. The first-order valence-electron chi connectivity index (χ1n) is 7.74. The fraction of sp³-hybridized carbons (Fsp3) is 0.467. The molecule has 0 aromatic carbocycles. The largest absolute Gasteiger partial charge is 0.506 e. The number of nitrogens with two attached hydrogens (primary N) is 2. The molecule has 12 heteroatoms. The van der Waals surface area contributed by atoms with E-state index in [1.165, 1.54) is 17.8 Å². The molecule has 0 bridgehead atoms. The Morgan fingerprint density at radius 2 is 2.37 bits per heavy atom. The van der Waals surface area contributed by atoms with Crippen LogP contribution in [0.1, 0.15) is 6.42 Å². The zero-order valence-corrected chi connectivity index (χ0v) is 15.2. The SMILES string of the molecule is CSCC[C@H](N)C(=O)OCC1=C(O)C(O)[C@](C#N)(n2ccc(N)nc2=O)O1. The van der Waals surface area contributed by atoms with Gasteiger partial charge in [-0.1, -0.05) is 0 Å². The van der Waals surface area contributed by atoms with Crippen molar-refractivity contribution in [3.05, 3.63) is 34.3 Å². The first kappa shape index (κ1) is 20.6. The number of ether oxygens (including phenoxy) is 2. The number of nitriles is 1. The predicted molar refractivity (Wildman–Crippen MR) is 95.2 cm³/mol. The van der Waals surface area contributed by atoms with Crippen molar-refractivity contribution in [2.45, 2.75) is 24.3 Å². The lowest BCUT2D eigenvalue weighted by atomic mass is 10.1. The van der Waals surface area contributed by atoms with E-state index in [1.54, 1.807) is 6.07 Å². The molecular formula is C15H19N5O6S. The van der Waals surface area contributed by atoms with Gasteiger partial charge >= 0.3 is 17.4 Å². The zero-order chi connectivity index (χ0) is 20.2. The van der Waals surface area contributed by atoms with Gasteiger partial charge in [0.2, 0.25) is 0 Å². The molecule has 0 radical (unpaired) electrons. The highest BCUT2D eigenvalue weighted by molar-refractivity contribution is 7.98. The molecule has 27 heavy (non-hydrogen) atoms. The summed E-state index contributed by atoms with van der Waals surface area (Å²) in [4.78, 5) is 27.4. The Morgan fingerprint density at radius 3 is 2.96 bits per heavy atom. The van der Waals surface area contributed by atoms with Crippen molar-refractivity contribution in [1.82, 2.24) is 9.55 Å². The third-order valence-corrected chi connectivity index (χ3v) is 4.46. The Hall–Kier alpha value is -2.75. The summed E-state index contributed by atoms with van der Waals surface area (Å²) in [6.07, 6.45) is 1.44. The van der Waals surface area contributed by atoms with Crippen molar-refractivity contribution in [1.29, 1.82) is 5.26 Å². The number of carbonyl (C=O) groups excluding carboxylic acids is 1. The summed E-state index contributed by atoms with van der Waals surface area (Å²) < 4.78 is 11.0. The highest BCUT2D eigenvalue weighted by atomic mass is 32.2. The molecule has 146 valence electrons. The molecule has 0 saturated heterocycles. The fourth-order valence-electron chi connectivity index (χ4n) is 2.33. The number of hydrogen-bond donors (Lipinski definition) is 4. The monoisotopic (exact) mass is 397 g/mol. The van der Waals surface area contributed by atoms with Crippen LogP contribution in [0.3, 0.4) is 0 Å². The maximum atomic E-state index is 12.0. The van der Waals surface area contributed by atoms with Gasteiger partial charge in [0.25, 0.3) is 0 Å². The second-order valence-electron chi connectivity index (χ2n) is 5.62. The molecule has 3 atom stereocenters. The number of aliphatic hydroxyl groups excluding tert-OH is 2. The molecule has 0 fully saturated rings. The smallest absolute Gasteiger partial charge is 0.353 e. The predicted octanol–water partition coefficient (Wildman–Crippen LogP) is -1.21. The van der Waals surface area contributed by atoms with Crippen molar-refractivity contribution in [2.75, 3.05) is 24.3 Å². The lowest BCUT2D eigenvalue weighted by molar-refractivity contribution is -0.146. The molecule has 2 rings (SSSR count). The van der Waals surface area contributed by atoms with Gasteiger partial charge in [0.15, 0.2) is 24.2 Å². The maximum absolute atomic E-state index is 12.0. The molecule has 0 spiro atoms. The average molecular weight is 397 g/mol. The minimum absolute atomic E-state index is 0.0950. The van der Waals surface area contributed by atoms with Crippen LogP contribution in [0.25, 0.3) is 0 Å². The molecule has 1 aliphatic heterocycles. The number of anilines is 1. The number of nitrogens with zero attached hydrogens (tertiary/aromatic N) is 3. The van der Waals surface area contributed by atoms with Crippen LogP contribution in [0.5, 0.6) is 0 Å². The van der Waals surface area contributed by atoms with E-state index < -0.39 is 41.9 Å². The highest BCUT2D eigenvalue weighted by Gasteiger charge is 2.53. The molecule has 1 aliphatic rings. The minimum Gasteiger partial charge on any atom is -0.506 e. The lowest BCUT2D eigenvalue weighted by Crippen LogP contribution is -2.48. The van der Waals surface area contributed by atoms with Gasteiger partial charge in [0.1, 0.15) is 17.9 Å². The van der Waals surface area contributed by atoms with E-state index in [4.69, 9.17) is 20.9 Å². The first-order chi connectivity index (χ1) is 12.8. The zero-order valence-electron chi connectivity index (χ0n) is 14.4. The van der Waals surface area contributed by atoms with E-state index in [0.717, 1.165) is 6.20 Å². The van der Waals surface area contributed by atoms with E-state index in [0.29, 0.717) is 16.7 Å². The van der Waals surface area contributed by atoms with Gasteiger partial charge in [-0.2, -0.15) is 22.0 Å². The Bertz CT molecular complexity index is 850. The number of aliphatic hydroxyl groups is 2. The first-order valence-corrected chi connectivity index (χ1v) is 9.13. The van der Waals surface area contributed by atoms with Crippen LogP contribution in [0.15, 0.2) is 28.6 Å². The second kappa shape index (κ2) is 8.30. The van der Waals surface area contributed by atoms with Crippen LogP contribution < -0.4 is 17.2 Å². The van der Waals surface area contributed by atoms with Gasteiger partial charge in [-0.3, -0.25) is 4.79 Å². The van der Waals surface area contributed by atoms with Crippen molar-refractivity contribution in [3.8, 4) is 6.07 Å². The molecule has 1 aromatic heterocycles. The number of hydrogen-bond acceptors (Lipinski definition) is 11. The summed E-state index contributed by atoms with van der Waals surface area (Å²) in [7, 11) is 0. The van der Waals surface area contributed by atoms with Gasteiger partial charge in [-0.05, 0) is 24.5 Å². The fourth-order valence-corrected chi connectivity index (χ4v) is 2.82. The van der Waals surface area contributed by atoms with E-state index in [-0.39, 0.29) is 11.6 Å². The summed E-state index contributed by atoms with van der Waals surface area (Å²) in [5.41, 5.74) is 7.80. The summed E-state index contributed by atoms with van der Waals surface area (Å²) >= 11 is 1.52. The standard InChI is InChI=1S/C15H19N5O6S/c1-27-5-3-8(17)13(23)25-6-9-11(21)12(22)15(7-16,26-9)20-4-2-10(18)19-14(20)24/h2,4,8,12,21-22H,3,5-6,17H2,1H3,(H2,18,19,24)/t8-,12?,15+/m0/s1. The summed E-state index contributed by atoms with van der Waals surface area (Å²) in [5.74, 6) is -1.29. The van der Waals surface area contributed by atoms with Crippen LogP contribution in [0, 0.1) is 11.3 Å².